The van der Waals surface area contributed by atoms with Crippen molar-refractivity contribution in [2.75, 3.05) is 20.4 Å². The van der Waals surface area contributed by atoms with Crippen LogP contribution in [0.4, 0.5) is 0 Å². The first-order valence-electron chi connectivity index (χ1n) is 7.71. The molecule has 25 heavy (non-hydrogen) atoms. The molecule has 0 aliphatic carbocycles. The highest BCUT2D eigenvalue weighted by Crippen LogP contribution is 2.22. The lowest BCUT2D eigenvalue weighted by atomic mass is 10.1. The van der Waals surface area contributed by atoms with E-state index in [2.05, 4.69) is 5.32 Å². The van der Waals surface area contributed by atoms with Crippen molar-refractivity contribution < 1.29 is 17.9 Å². The van der Waals surface area contributed by atoms with E-state index in [0.717, 1.165) is 21.9 Å². The van der Waals surface area contributed by atoms with Crippen molar-refractivity contribution in [2.24, 2.45) is 0 Å². The predicted molar refractivity (Wildman–Crippen MR) is 96.6 cm³/mol. The Balaban J connectivity index is 2.17. The summed E-state index contributed by atoms with van der Waals surface area (Å²) in [7, 11) is -0.543. The number of benzene rings is 2. The van der Waals surface area contributed by atoms with Crippen LogP contribution in [0.5, 0.6) is 5.75 Å². The standard InChI is InChI=1S/C18H22N2O4S/c1-20(25(3,22)23)17(15-7-5-4-6-8-15)18(21)19-13-14-9-11-16(24-2)12-10-14/h4-12,17H,13H2,1-3H3,(H,19,21)/t17-/m1/s1. The molecule has 0 saturated carbocycles. The topological polar surface area (TPSA) is 75.7 Å². The van der Waals surface area contributed by atoms with E-state index in [1.54, 1.807) is 43.5 Å². The highest BCUT2D eigenvalue weighted by atomic mass is 32.2. The van der Waals surface area contributed by atoms with Crippen LogP contribution >= 0.6 is 0 Å². The lowest BCUT2D eigenvalue weighted by molar-refractivity contribution is -0.124. The maximum absolute atomic E-state index is 12.7. The summed E-state index contributed by atoms with van der Waals surface area (Å²) in [5.74, 6) is 0.351. The van der Waals surface area contributed by atoms with Crippen molar-refractivity contribution in [3.05, 3.63) is 65.7 Å². The van der Waals surface area contributed by atoms with Gasteiger partial charge in [-0.3, -0.25) is 4.79 Å². The van der Waals surface area contributed by atoms with Crippen LogP contribution in [-0.2, 0) is 21.4 Å². The van der Waals surface area contributed by atoms with Crippen molar-refractivity contribution in [1.82, 2.24) is 9.62 Å². The Morgan fingerprint density at radius 2 is 1.72 bits per heavy atom. The maximum Gasteiger partial charge on any atom is 0.243 e. The normalized spacial score (nSPS) is 12.6. The van der Waals surface area contributed by atoms with Crippen LogP contribution in [0.25, 0.3) is 0 Å². The molecule has 0 saturated heterocycles. The summed E-state index contributed by atoms with van der Waals surface area (Å²) in [6, 6.07) is 15.2. The quantitative estimate of drug-likeness (QED) is 0.817. The molecule has 2 aromatic rings. The summed E-state index contributed by atoms with van der Waals surface area (Å²) in [6.45, 7) is 0.295. The summed E-state index contributed by atoms with van der Waals surface area (Å²) in [4.78, 5) is 12.7. The van der Waals surface area contributed by atoms with E-state index in [1.807, 2.05) is 18.2 Å². The number of hydrogen-bond donors (Lipinski definition) is 1. The first-order valence-corrected chi connectivity index (χ1v) is 9.56. The third kappa shape index (κ3) is 5.04. The average Bonchev–Trinajstić information content (AvgIpc) is 2.60. The Morgan fingerprint density at radius 1 is 1.12 bits per heavy atom. The molecular weight excluding hydrogens is 340 g/mol. The molecule has 2 aromatic carbocycles. The second-order valence-corrected chi connectivity index (χ2v) is 7.70. The number of carbonyl (C=O) groups excluding carboxylic acids is 1. The molecule has 7 heteroatoms. The Kier molecular flexibility index (Phi) is 6.17. The average molecular weight is 362 g/mol. The second-order valence-electron chi connectivity index (χ2n) is 5.66. The first-order chi connectivity index (χ1) is 11.8. The fraction of sp³-hybridized carbons (Fsp3) is 0.278. The molecule has 0 aliphatic rings. The van der Waals surface area contributed by atoms with Crippen molar-refractivity contribution in [2.45, 2.75) is 12.6 Å². The number of rotatable bonds is 7. The fourth-order valence-corrected chi connectivity index (χ4v) is 2.98. The lowest BCUT2D eigenvalue weighted by Crippen LogP contribution is -2.41. The number of ether oxygens (including phenoxy) is 1. The smallest absolute Gasteiger partial charge is 0.243 e. The van der Waals surface area contributed by atoms with Gasteiger partial charge in [-0.25, -0.2) is 8.42 Å². The van der Waals surface area contributed by atoms with E-state index >= 15 is 0 Å². The third-order valence-electron chi connectivity index (χ3n) is 3.88. The van der Waals surface area contributed by atoms with Gasteiger partial charge in [0.15, 0.2) is 0 Å². The fourth-order valence-electron chi connectivity index (χ4n) is 2.38. The van der Waals surface area contributed by atoms with Gasteiger partial charge in [0, 0.05) is 13.6 Å². The predicted octanol–water partition coefficient (Wildman–Crippen LogP) is 1.94. The molecule has 2 rings (SSSR count). The molecular formula is C18H22N2O4S. The minimum atomic E-state index is -3.53. The number of hydrogen-bond acceptors (Lipinski definition) is 4. The second kappa shape index (κ2) is 8.13. The summed E-state index contributed by atoms with van der Waals surface area (Å²) >= 11 is 0. The summed E-state index contributed by atoms with van der Waals surface area (Å²) in [5.41, 5.74) is 1.51. The largest absolute Gasteiger partial charge is 0.497 e. The number of carbonyl (C=O) groups is 1. The van der Waals surface area contributed by atoms with Crippen LogP contribution in [-0.4, -0.2) is 39.0 Å². The van der Waals surface area contributed by atoms with Crippen LogP contribution in [0.15, 0.2) is 54.6 Å². The summed E-state index contributed by atoms with van der Waals surface area (Å²) < 4.78 is 30.0. The van der Waals surface area contributed by atoms with Crippen LogP contribution < -0.4 is 10.1 Å². The first kappa shape index (κ1) is 19.0. The Morgan fingerprint density at radius 3 is 2.24 bits per heavy atom. The Hall–Kier alpha value is -2.38. The summed E-state index contributed by atoms with van der Waals surface area (Å²) in [5, 5.41) is 2.80. The van der Waals surface area contributed by atoms with E-state index in [9.17, 15) is 13.2 Å². The van der Waals surface area contributed by atoms with Gasteiger partial charge >= 0.3 is 0 Å². The van der Waals surface area contributed by atoms with Gasteiger partial charge < -0.3 is 10.1 Å². The number of sulfonamides is 1. The van der Waals surface area contributed by atoms with E-state index < -0.39 is 16.1 Å². The van der Waals surface area contributed by atoms with E-state index in [0.29, 0.717) is 12.1 Å². The molecule has 0 aromatic heterocycles. The Bertz CT molecular complexity index is 805. The number of likely N-dealkylation sites (N-methyl/N-ethyl adjacent to an activating group) is 1. The van der Waals surface area contributed by atoms with Gasteiger partial charge in [-0.2, -0.15) is 4.31 Å². The molecule has 0 spiro atoms. The number of nitrogens with one attached hydrogen (secondary N) is 1. The molecule has 0 heterocycles. The molecule has 134 valence electrons. The minimum absolute atomic E-state index is 0.295. The lowest BCUT2D eigenvalue weighted by Gasteiger charge is -2.25. The molecule has 0 aliphatic heterocycles. The van der Waals surface area contributed by atoms with Crippen molar-refractivity contribution in [3.63, 3.8) is 0 Å². The zero-order valence-electron chi connectivity index (χ0n) is 14.5. The Labute approximate surface area is 148 Å². The van der Waals surface area contributed by atoms with Crippen LogP contribution in [0.1, 0.15) is 17.2 Å². The van der Waals surface area contributed by atoms with E-state index in [-0.39, 0.29) is 5.91 Å². The molecule has 0 bridgehead atoms. The van der Waals surface area contributed by atoms with Gasteiger partial charge in [0.2, 0.25) is 15.9 Å². The van der Waals surface area contributed by atoms with Crippen molar-refractivity contribution in [1.29, 1.82) is 0 Å². The molecule has 0 unspecified atom stereocenters. The van der Waals surface area contributed by atoms with E-state index in [4.69, 9.17) is 4.74 Å². The van der Waals surface area contributed by atoms with Crippen molar-refractivity contribution in [3.8, 4) is 5.75 Å². The highest BCUT2D eigenvalue weighted by molar-refractivity contribution is 7.88. The van der Waals surface area contributed by atoms with Crippen molar-refractivity contribution >= 4 is 15.9 Å². The third-order valence-corrected chi connectivity index (χ3v) is 5.13. The van der Waals surface area contributed by atoms with Crippen LogP contribution in [0, 0.1) is 0 Å². The SMILES string of the molecule is COc1ccc(CNC(=O)[C@@H](c2ccccc2)N(C)S(C)(=O)=O)cc1. The molecule has 0 radical (unpaired) electrons. The van der Waals surface area contributed by atoms with Gasteiger partial charge in [0.25, 0.3) is 0 Å². The van der Waals surface area contributed by atoms with Gasteiger partial charge in [-0.05, 0) is 23.3 Å². The number of nitrogens with zero attached hydrogens (tertiary/aromatic N) is 1. The minimum Gasteiger partial charge on any atom is -0.497 e. The van der Waals surface area contributed by atoms with Gasteiger partial charge in [-0.1, -0.05) is 42.5 Å². The van der Waals surface area contributed by atoms with Gasteiger partial charge in [0.1, 0.15) is 11.8 Å². The van der Waals surface area contributed by atoms with E-state index in [1.165, 1.54) is 7.05 Å². The molecule has 6 nitrogen and oxygen atoms in total. The summed E-state index contributed by atoms with van der Waals surface area (Å²) in [6.07, 6.45) is 1.08. The van der Waals surface area contributed by atoms with Gasteiger partial charge in [-0.15, -0.1) is 0 Å². The molecule has 1 N–H and O–H groups in total. The molecule has 0 fully saturated rings. The maximum atomic E-state index is 12.7. The number of methoxy groups -OCH3 is 1. The van der Waals surface area contributed by atoms with Crippen LogP contribution in [0.2, 0.25) is 0 Å². The number of amides is 1. The highest BCUT2D eigenvalue weighted by Gasteiger charge is 2.30. The van der Waals surface area contributed by atoms with Crippen LogP contribution in [0.3, 0.4) is 0 Å². The monoisotopic (exact) mass is 362 g/mol. The zero-order chi connectivity index (χ0) is 18.4. The molecule has 1 atom stereocenters. The molecule has 1 amide bonds. The zero-order valence-corrected chi connectivity index (χ0v) is 15.3. The van der Waals surface area contributed by atoms with Gasteiger partial charge in [0.05, 0.1) is 13.4 Å².